The number of rotatable bonds is 0. The third kappa shape index (κ3) is 10.5. The maximum atomic E-state index is 5.48. The van der Waals surface area contributed by atoms with Crippen LogP contribution in [0.5, 0.6) is 0 Å². The average molecular weight is 279 g/mol. The standard InChI is InChI=1S/C5H4ClN.Cl2O.Se/c6-5-2-1-3-7-4-5;1-3-2;/h1-4H;;. The van der Waals surface area contributed by atoms with Crippen molar-refractivity contribution in [2.24, 2.45) is 0 Å². The fourth-order valence-electron chi connectivity index (χ4n) is 0.342. The van der Waals surface area contributed by atoms with E-state index >= 15 is 0 Å². The maximum absolute atomic E-state index is 5.48. The average Bonchev–Trinajstić information content (AvgIpc) is 1.91. The van der Waals surface area contributed by atoms with Crippen molar-refractivity contribution in [1.82, 2.24) is 4.98 Å². The minimum atomic E-state index is 0. The van der Waals surface area contributed by atoms with Gasteiger partial charge < -0.3 is 0 Å². The molecular weight excluding hydrogens is 275 g/mol. The van der Waals surface area contributed by atoms with Crippen molar-refractivity contribution >= 4 is 52.4 Å². The van der Waals surface area contributed by atoms with E-state index in [9.17, 15) is 0 Å². The van der Waals surface area contributed by atoms with E-state index in [1.165, 1.54) is 0 Å². The molecule has 11 heavy (non-hydrogen) atoms. The first kappa shape index (κ1) is 14.0. The number of halogens is 3. The Bertz CT molecular complexity index is 163. The monoisotopic (exact) mass is 279 g/mol. The van der Waals surface area contributed by atoms with Crippen LogP contribution in [-0.4, -0.2) is 22.1 Å². The molecule has 0 saturated heterocycles. The molecule has 0 aromatic carbocycles. The number of hydrogen-bond donors (Lipinski definition) is 0. The van der Waals surface area contributed by atoms with Gasteiger partial charge in [-0.2, -0.15) is 3.84 Å². The third-order valence-electron chi connectivity index (χ3n) is 0.625. The SMILES string of the molecule is ClOCl.Clc1cccnc1.[Se]. The van der Waals surface area contributed by atoms with Gasteiger partial charge in [0.1, 0.15) is 0 Å². The molecule has 2 nitrogen and oxygen atoms in total. The molecule has 0 aliphatic rings. The summed E-state index contributed by atoms with van der Waals surface area (Å²) in [6.45, 7) is 0. The van der Waals surface area contributed by atoms with Crippen LogP contribution in [0.3, 0.4) is 0 Å². The van der Waals surface area contributed by atoms with E-state index in [1.807, 2.05) is 0 Å². The first-order valence-electron chi connectivity index (χ1n) is 2.26. The summed E-state index contributed by atoms with van der Waals surface area (Å²) in [4.78, 5) is 3.75. The Balaban J connectivity index is 0. The molecular formula is C5H4Cl3NOSe. The normalized spacial score (nSPS) is 7.18. The number of nitrogens with zero attached hydrogens (tertiary/aromatic N) is 1. The van der Waals surface area contributed by atoms with Gasteiger partial charge in [0, 0.05) is 29.5 Å². The first-order chi connectivity index (χ1) is 4.81. The molecule has 1 rings (SSSR count). The minimum absolute atomic E-state index is 0. The van der Waals surface area contributed by atoms with Crippen molar-refractivity contribution in [3.05, 3.63) is 29.5 Å². The van der Waals surface area contributed by atoms with E-state index in [-0.39, 0.29) is 17.1 Å². The first-order valence-corrected chi connectivity index (χ1v) is 3.25. The molecule has 0 saturated carbocycles. The van der Waals surface area contributed by atoms with Gasteiger partial charge in [0.2, 0.25) is 0 Å². The molecule has 0 aliphatic carbocycles. The van der Waals surface area contributed by atoms with Crippen LogP contribution in [0.1, 0.15) is 0 Å². The topological polar surface area (TPSA) is 22.1 Å². The van der Waals surface area contributed by atoms with Gasteiger partial charge in [0.05, 0.1) is 28.8 Å². The molecule has 0 fully saturated rings. The smallest absolute Gasteiger partial charge is 0.0832 e. The summed E-state index contributed by atoms with van der Waals surface area (Å²) < 4.78 is 3.19. The van der Waals surface area contributed by atoms with Gasteiger partial charge in [-0.1, -0.05) is 11.6 Å². The summed E-state index contributed by atoms with van der Waals surface area (Å²) in [5.74, 6) is 0. The second-order valence-electron chi connectivity index (χ2n) is 1.23. The molecule has 0 amide bonds. The zero-order valence-corrected chi connectivity index (χ0v) is 9.19. The molecule has 6 heteroatoms. The second kappa shape index (κ2) is 10.5. The Morgan fingerprint density at radius 2 is 1.91 bits per heavy atom. The molecule has 1 aromatic heterocycles. The largest absolute Gasteiger partial charge is 0.263 e. The summed E-state index contributed by atoms with van der Waals surface area (Å²) in [5.41, 5.74) is 0. The molecule has 0 spiro atoms. The predicted molar refractivity (Wildman–Crippen MR) is 47.8 cm³/mol. The zero-order valence-electron chi connectivity index (χ0n) is 5.21. The van der Waals surface area contributed by atoms with Crippen LogP contribution in [0.4, 0.5) is 0 Å². The predicted octanol–water partition coefficient (Wildman–Crippen LogP) is 2.66. The van der Waals surface area contributed by atoms with Crippen molar-refractivity contribution in [3.8, 4) is 0 Å². The zero-order chi connectivity index (χ0) is 7.82. The van der Waals surface area contributed by atoms with Gasteiger partial charge in [-0.25, -0.2) is 0 Å². The van der Waals surface area contributed by atoms with Gasteiger partial charge in [0.15, 0.2) is 0 Å². The van der Waals surface area contributed by atoms with Gasteiger partial charge in [0.25, 0.3) is 0 Å². The number of pyridine rings is 1. The maximum Gasteiger partial charge on any atom is 0.0832 e. The summed E-state index contributed by atoms with van der Waals surface area (Å²) in [7, 11) is 0. The van der Waals surface area contributed by atoms with Crippen molar-refractivity contribution in [3.63, 3.8) is 0 Å². The van der Waals surface area contributed by atoms with E-state index in [1.54, 1.807) is 24.5 Å². The van der Waals surface area contributed by atoms with Crippen LogP contribution >= 0.6 is 35.3 Å². The minimum Gasteiger partial charge on any atom is -0.263 e. The summed E-state index contributed by atoms with van der Waals surface area (Å²) in [6.07, 6.45) is 3.29. The Hall–Kier alpha value is 0.499. The molecule has 0 unspecified atom stereocenters. The van der Waals surface area contributed by atoms with Crippen LogP contribution < -0.4 is 0 Å². The van der Waals surface area contributed by atoms with Gasteiger partial charge in [-0.3, -0.25) is 4.98 Å². The van der Waals surface area contributed by atoms with Crippen LogP contribution in [-0.2, 0) is 3.84 Å². The van der Waals surface area contributed by atoms with Gasteiger partial charge in [-0.05, 0) is 12.1 Å². The van der Waals surface area contributed by atoms with Crippen molar-refractivity contribution in [2.45, 2.75) is 0 Å². The Morgan fingerprint density at radius 1 is 1.36 bits per heavy atom. The number of aromatic nitrogens is 1. The molecule has 0 atom stereocenters. The van der Waals surface area contributed by atoms with E-state index in [4.69, 9.17) is 11.6 Å². The van der Waals surface area contributed by atoms with Crippen LogP contribution in [0.2, 0.25) is 5.02 Å². The van der Waals surface area contributed by atoms with Crippen LogP contribution in [0.15, 0.2) is 24.5 Å². The Labute approximate surface area is 90.6 Å². The van der Waals surface area contributed by atoms with E-state index in [0.717, 1.165) is 0 Å². The molecule has 0 N–H and O–H groups in total. The summed E-state index contributed by atoms with van der Waals surface area (Å²) >= 11 is 14.0. The third-order valence-corrected chi connectivity index (χ3v) is 0.849. The van der Waals surface area contributed by atoms with Gasteiger partial charge in [-0.15, -0.1) is 0 Å². The van der Waals surface area contributed by atoms with Crippen LogP contribution in [0, 0.1) is 0 Å². The van der Waals surface area contributed by atoms with E-state index in [0.29, 0.717) is 5.02 Å². The van der Waals surface area contributed by atoms with Gasteiger partial charge >= 0.3 is 0 Å². The quantitative estimate of drug-likeness (QED) is 0.681. The van der Waals surface area contributed by atoms with Crippen molar-refractivity contribution < 1.29 is 3.84 Å². The molecule has 1 heterocycles. The fraction of sp³-hybridized carbons (Fsp3) is 0. The molecule has 62 valence electrons. The molecule has 0 bridgehead atoms. The Morgan fingerprint density at radius 3 is 2.09 bits per heavy atom. The molecule has 1 aromatic rings. The van der Waals surface area contributed by atoms with Crippen molar-refractivity contribution in [1.29, 1.82) is 0 Å². The van der Waals surface area contributed by atoms with Crippen LogP contribution in [0.25, 0.3) is 0 Å². The van der Waals surface area contributed by atoms with Crippen molar-refractivity contribution in [2.75, 3.05) is 0 Å². The second-order valence-corrected chi connectivity index (χ2v) is 2.13. The Kier molecular flexibility index (Phi) is 13.4. The van der Waals surface area contributed by atoms with E-state index in [2.05, 4.69) is 32.6 Å². The summed E-state index contributed by atoms with van der Waals surface area (Å²) in [6, 6.07) is 3.58. The van der Waals surface area contributed by atoms with E-state index < -0.39 is 0 Å². The summed E-state index contributed by atoms with van der Waals surface area (Å²) in [5, 5.41) is 0.683. The number of hydrogen-bond acceptors (Lipinski definition) is 2. The molecule has 2 radical (unpaired) electrons. The molecule has 0 aliphatic heterocycles. The fourth-order valence-corrected chi connectivity index (χ4v) is 0.471.